The highest BCUT2D eigenvalue weighted by molar-refractivity contribution is 6.32. The van der Waals surface area contributed by atoms with E-state index in [2.05, 4.69) is 36.6 Å². The van der Waals surface area contributed by atoms with Crippen molar-refractivity contribution in [2.45, 2.75) is 64.2 Å². The Morgan fingerprint density at radius 2 is 1.81 bits per heavy atom. The zero-order chi connectivity index (χ0) is 33.9. The number of hydrogen-bond acceptors (Lipinski definition) is 9. The SMILES string of the molecule is CC(C)[C@H]1NC(=O)[C@@H](Cc2ccc(O)c(Cl)c2)N[C@@H](C)COc2c(F)cccc2CCCNC(=O)[C@H](CNc2ncccn2)NC1=O. The highest BCUT2D eigenvalue weighted by Gasteiger charge is 2.32. The molecule has 0 saturated carbocycles. The number of ether oxygens (including phenoxy) is 1. The first-order chi connectivity index (χ1) is 22.5. The van der Waals surface area contributed by atoms with Gasteiger partial charge in [0.15, 0.2) is 11.6 Å². The number of aromatic nitrogens is 2. The normalized spacial score (nSPS) is 21.7. The Morgan fingerprint density at radius 3 is 2.53 bits per heavy atom. The topological polar surface area (TPSA) is 167 Å². The fourth-order valence-corrected chi connectivity index (χ4v) is 5.31. The molecule has 1 aliphatic rings. The van der Waals surface area contributed by atoms with Gasteiger partial charge in [-0.15, -0.1) is 0 Å². The van der Waals surface area contributed by atoms with E-state index in [0.717, 1.165) is 0 Å². The molecule has 12 nitrogen and oxygen atoms in total. The first kappa shape index (κ1) is 35.4. The van der Waals surface area contributed by atoms with E-state index in [-0.39, 0.29) is 54.5 Å². The molecule has 0 saturated heterocycles. The van der Waals surface area contributed by atoms with Crippen LogP contribution in [0.3, 0.4) is 0 Å². The zero-order valence-corrected chi connectivity index (χ0v) is 27.3. The van der Waals surface area contributed by atoms with Gasteiger partial charge >= 0.3 is 0 Å². The number of fused-ring (bicyclic) bond motifs is 1. The van der Waals surface area contributed by atoms with Crippen LogP contribution in [0.2, 0.25) is 5.02 Å². The molecule has 2 aromatic carbocycles. The number of rotatable bonds is 6. The Labute approximate surface area is 278 Å². The number of aromatic hydroxyl groups is 1. The lowest BCUT2D eigenvalue weighted by atomic mass is 10.00. The van der Waals surface area contributed by atoms with Gasteiger partial charge in [0.25, 0.3) is 0 Å². The summed E-state index contributed by atoms with van der Waals surface area (Å²) in [6.07, 6.45) is 4.15. The third kappa shape index (κ3) is 10.2. The average Bonchev–Trinajstić information content (AvgIpc) is 3.04. The van der Waals surface area contributed by atoms with E-state index in [0.29, 0.717) is 24.0 Å². The molecule has 1 aromatic heterocycles. The van der Waals surface area contributed by atoms with Crippen LogP contribution in [0.15, 0.2) is 54.9 Å². The summed E-state index contributed by atoms with van der Waals surface area (Å²) in [6, 6.07) is 7.64. The second kappa shape index (κ2) is 16.9. The summed E-state index contributed by atoms with van der Waals surface area (Å²) in [7, 11) is 0. The molecule has 2 heterocycles. The zero-order valence-electron chi connectivity index (χ0n) is 26.6. The Balaban J connectivity index is 1.63. The molecule has 14 heteroatoms. The maximum absolute atomic E-state index is 14.9. The van der Waals surface area contributed by atoms with E-state index in [1.165, 1.54) is 12.1 Å². The number of anilines is 1. The van der Waals surface area contributed by atoms with Crippen LogP contribution in [-0.2, 0) is 27.2 Å². The smallest absolute Gasteiger partial charge is 0.244 e. The average molecular weight is 670 g/mol. The standard InChI is InChI=1S/C33H41ClFN7O5/c1-19(2)28-32(46)41-26(17-39-33-37-13-6-14-38-33)30(44)36-12-5-8-22-7-4-9-24(35)29(22)47-18-20(3)40-25(31(45)42-28)16-21-10-11-27(43)23(34)15-21/h4,6-7,9-11,13-15,19-20,25-26,28,40,43H,5,8,12,16-18H2,1-3H3,(H,36,44)(H,41,46)(H,42,45)(H,37,38,39)/t20-,25+,26-,28+/m0/s1. The quantitative estimate of drug-likeness (QED) is 0.231. The predicted octanol–water partition coefficient (Wildman–Crippen LogP) is 2.74. The molecule has 0 radical (unpaired) electrons. The van der Waals surface area contributed by atoms with Gasteiger partial charge in [-0.1, -0.05) is 43.6 Å². The van der Waals surface area contributed by atoms with Gasteiger partial charge in [-0.3, -0.25) is 19.7 Å². The molecule has 47 heavy (non-hydrogen) atoms. The first-order valence-electron chi connectivity index (χ1n) is 15.5. The summed E-state index contributed by atoms with van der Waals surface area (Å²) in [4.78, 5) is 49.1. The number of hydrogen-bond donors (Lipinski definition) is 6. The van der Waals surface area contributed by atoms with E-state index in [9.17, 15) is 23.9 Å². The maximum Gasteiger partial charge on any atom is 0.244 e. The molecule has 4 rings (SSSR count). The Kier molecular flexibility index (Phi) is 12.7. The Hall–Kier alpha value is -4.49. The Morgan fingerprint density at radius 1 is 1.04 bits per heavy atom. The monoisotopic (exact) mass is 669 g/mol. The molecule has 0 aliphatic carbocycles. The summed E-state index contributed by atoms with van der Waals surface area (Å²) in [5, 5.41) is 24.7. The number of para-hydroxylation sites is 1. The van der Waals surface area contributed by atoms with E-state index in [1.807, 2.05) is 0 Å². The van der Waals surface area contributed by atoms with Crippen LogP contribution in [-0.4, -0.2) is 76.7 Å². The van der Waals surface area contributed by atoms with Crippen molar-refractivity contribution in [1.82, 2.24) is 31.2 Å². The van der Waals surface area contributed by atoms with Crippen LogP contribution in [0.1, 0.15) is 38.3 Å². The third-order valence-electron chi connectivity index (χ3n) is 7.61. The number of phenols is 1. The number of benzene rings is 2. The maximum atomic E-state index is 14.9. The van der Waals surface area contributed by atoms with Crippen molar-refractivity contribution in [2.75, 3.05) is 25.0 Å². The molecule has 6 N–H and O–H groups in total. The van der Waals surface area contributed by atoms with E-state index >= 15 is 0 Å². The van der Waals surface area contributed by atoms with Crippen molar-refractivity contribution < 1.29 is 28.6 Å². The number of aryl methyl sites for hydroxylation is 1. The minimum Gasteiger partial charge on any atom is -0.506 e. The number of nitrogens with zero attached hydrogens (tertiary/aromatic N) is 2. The molecule has 3 aromatic rings. The van der Waals surface area contributed by atoms with Gasteiger partial charge in [-0.05, 0) is 67.5 Å². The molecule has 0 fully saturated rings. The van der Waals surface area contributed by atoms with Crippen molar-refractivity contribution in [3.8, 4) is 11.5 Å². The van der Waals surface area contributed by atoms with Gasteiger partial charge in [0.2, 0.25) is 23.7 Å². The number of phenolic OH excluding ortho intramolecular Hbond substituents is 1. The molecular formula is C33H41ClFN7O5. The number of carbonyl (C=O) groups is 3. The first-order valence-corrected chi connectivity index (χ1v) is 15.9. The van der Waals surface area contributed by atoms with Crippen LogP contribution in [0.4, 0.5) is 10.3 Å². The van der Waals surface area contributed by atoms with Crippen molar-refractivity contribution in [3.63, 3.8) is 0 Å². The van der Waals surface area contributed by atoms with Crippen LogP contribution < -0.4 is 31.3 Å². The Bertz CT molecular complexity index is 1530. The van der Waals surface area contributed by atoms with Crippen molar-refractivity contribution in [1.29, 1.82) is 0 Å². The van der Waals surface area contributed by atoms with Crippen molar-refractivity contribution in [3.05, 3.63) is 76.8 Å². The number of amides is 3. The van der Waals surface area contributed by atoms with Gasteiger partial charge in [0, 0.05) is 31.5 Å². The third-order valence-corrected chi connectivity index (χ3v) is 7.92. The summed E-state index contributed by atoms with van der Waals surface area (Å²) in [5.74, 6) is -2.05. The second-order valence-electron chi connectivity index (χ2n) is 11.8. The van der Waals surface area contributed by atoms with Gasteiger partial charge in [-0.25, -0.2) is 14.4 Å². The summed E-state index contributed by atoms with van der Waals surface area (Å²) < 4.78 is 20.8. The van der Waals surface area contributed by atoms with E-state index < -0.39 is 47.7 Å². The van der Waals surface area contributed by atoms with Crippen LogP contribution >= 0.6 is 11.6 Å². The molecular weight excluding hydrogens is 629 g/mol. The van der Waals surface area contributed by atoms with E-state index in [4.69, 9.17) is 16.3 Å². The number of halogens is 2. The van der Waals surface area contributed by atoms with Crippen molar-refractivity contribution in [2.24, 2.45) is 5.92 Å². The van der Waals surface area contributed by atoms with Crippen LogP contribution in [0.25, 0.3) is 0 Å². The van der Waals surface area contributed by atoms with Gasteiger partial charge in [-0.2, -0.15) is 0 Å². The molecule has 0 spiro atoms. The minimum atomic E-state index is -1.04. The largest absolute Gasteiger partial charge is 0.506 e. The van der Waals surface area contributed by atoms with Gasteiger partial charge in [0.05, 0.1) is 11.1 Å². The van der Waals surface area contributed by atoms with Gasteiger partial charge in [0.1, 0.15) is 24.4 Å². The fraction of sp³-hybridized carbons (Fsp3) is 0.424. The van der Waals surface area contributed by atoms with Crippen molar-refractivity contribution >= 4 is 35.3 Å². The van der Waals surface area contributed by atoms with E-state index in [1.54, 1.807) is 63.5 Å². The molecule has 0 bridgehead atoms. The van der Waals surface area contributed by atoms with Crippen LogP contribution in [0, 0.1) is 11.7 Å². The van der Waals surface area contributed by atoms with Gasteiger partial charge < -0.3 is 31.1 Å². The second-order valence-corrected chi connectivity index (χ2v) is 12.2. The lowest BCUT2D eigenvalue weighted by Gasteiger charge is -2.29. The summed E-state index contributed by atoms with van der Waals surface area (Å²) in [6.45, 7) is 5.65. The summed E-state index contributed by atoms with van der Waals surface area (Å²) >= 11 is 6.14. The summed E-state index contributed by atoms with van der Waals surface area (Å²) in [5.41, 5.74) is 1.29. The molecule has 3 amide bonds. The molecule has 4 atom stereocenters. The lowest BCUT2D eigenvalue weighted by Crippen LogP contribution is -2.60. The molecule has 0 unspecified atom stereocenters. The van der Waals surface area contributed by atoms with Crippen LogP contribution in [0.5, 0.6) is 11.5 Å². The predicted molar refractivity (Wildman–Crippen MR) is 176 cm³/mol. The highest BCUT2D eigenvalue weighted by Crippen LogP contribution is 2.26. The number of carbonyl (C=O) groups excluding carboxylic acids is 3. The highest BCUT2D eigenvalue weighted by atomic mass is 35.5. The molecule has 1 aliphatic heterocycles. The fourth-order valence-electron chi connectivity index (χ4n) is 5.11. The minimum absolute atomic E-state index is 0.0223. The molecule has 252 valence electrons. The lowest BCUT2D eigenvalue weighted by molar-refractivity contribution is -0.133. The number of nitrogens with one attached hydrogen (secondary N) is 5.